The lowest BCUT2D eigenvalue weighted by Crippen LogP contribution is -2.28. The molecule has 1 N–H and O–H groups in total. The van der Waals surface area contributed by atoms with Crippen LogP contribution >= 0.6 is 0 Å². The Morgan fingerprint density at radius 1 is 1.50 bits per heavy atom. The Morgan fingerprint density at radius 3 is 2.88 bits per heavy atom. The van der Waals surface area contributed by atoms with Crippen LogP contribution < -0.4 is 10.1 Å². The predicted molar refractivity (Wildman–Crippen MR) is 62.8 cm³/mol. The van der Waals surface area contributed by atoms with Gasteiger partial charge in [0.15, 0.2) is 0 Å². The van der Waals surface area contributed by atoms with E-state index in [1.165, 1.54) is 0 Å². The molecule has 1 fully saturated rings. The van der Waals surface area contributed by atoms with Gasteiger partial charge >= 0.3 is 0 Å². The quantitative estimate of drug-likeness (QED) is 0.848. The van der Waals surface area contributed by atoms with E-state index in [1.807, 2.05) is 25.1 Å². The van der Waals surface area contributed by atoms with Crippen LogP contribution in [-0.2, 0) is 6.42 Å². The van der Waals surface area contributed by atoms with Crippen molar-refractivity contribution in [3.63, 3.8) is 0 Å². The molecule has 3 heteroatoms. The molecule has 1 unspecified atom stereocenters. The van der Waals surface area contributed by atoms with Crippen LogP contribution in [0.15, 0.2) is 18.2 Å². The number of rotatable bonds is 3. The van der Waals surface area contributed by atoms with E-state index in [1.54, 1.807) is 7.11 Å². The van der Waals surface area contributed by atoms with Gasteiger partial charge in [0.05, 0.1) is 7.11 Å². The first-order valence-corrected chi connectivity index (χ1v) is 5.66. The third-order valence-corrected chi connectivity index (χ3v) is 3.17. The second-order valence-corrected chi connectivity index (χ2v) is 4.56. The van der Waals surface area contributed by atoms with Crippen molar-refractivity contribution in [2.75, 3.05) is 20.2 Å². The van der Waals surface area contributed by atoms with Crippen LogP contribution in [0.1, 0.15) is 17.5 Å². The molecule has 16 heavy (non-hydrogen) atoms. The van der Waals surface area contributed by atoms with E-state index in [2.05, 4.69) is 5.32 Å². The molecule has 0 aromatic heterocycles. The van der Waals surface area contributed by atoms with Crippen molar-refractivity contribution >= 4 is 0 Å². The van der Waals surface area contributed by atoms with Gasteiger partial charge in [-0.2, -0.15) is 0 Å². The fourth-order valence-electron chi connectivity index (χ4n) is 2.28. The number of ether oxygens (including phenoxy) is 1. The van der Waals surface area contributed by atoms with Crippen LogP contribution in [0, 0.1) is 6.92 Å². The minimum Gasteiger partial charge on any atom is -0.496 e. The molecule has 0 amide bonds. The molecule has 0 aliphatic carbocycles. The number of hydrogen-bond donors (Lipinski definition) is 1. The van der Waals surface area contributed by atoms with Crippen LogP contribution in [0.25, 0.3) is 0 Å². The van der Waals surface area contributed by atoms with Gasteiger partial charge in [0.2, 0.25) is 0 Å². The molecule has 0 radical (unpaired) electrons. The molecule has 0 bridgehead atoms. The maximum atomic E-state index is 14.2. The van der Waals surface area contributed by atoms with Gasteiger partial charge in [-0.3, -0.25) is 0 Å². The van der Waals surface area contributed by atoms with Crippen molar-refractivity contribution in [3.8, 4) is 5.75 Å². The molecule has 2 nitrogen and oxygen atoms in total. The van der Waals surface area contributed by atoms with Gasteiger partial charge in [-0.1, -0.05) is 12.1 Å². The zero-order valence-electron chi connectivity index (χ0n) is 9.85. The molecule has 1 heterocycles. The summed E-state index contributed by atoms with van der Waals surface area (Å²) in [6.45, 7) is 3.24. The lowest BCUT2D eigenvalue weighted by molar-refractivity contribution is 0.190. The minimum atomic E-state index is -1.07. The summed E-state index contributed by atoms with van der Waals surface area (Å²) >= 11 is 0. The summed E-state index contributed by atoms with van der Waals surface area (Å²) in [6, 6.07) is 5.88. The highest BCUT2D eigenvalue weighted by Gasteiger charge is 2.33. The molecule has 0 saturated carbocycles. The minimum absolute atomic E-state index is 0.470. The predicted octanol–water partition coefficient (Wildman–Crippen LogP) is 2.25. The Morgan fingerprint density at radius 2 is 2.31 bits per heavy atom. The first kappa shape index (κ1) is 11.4. The number of benzene rings is 1. The first-order chi connectivity index (χ1) is 7.63. The number of aryl methyl sites for hydroxylation is 1. The average molecular weight is 223 g/mol. The smallest absolute Gasteiger partial charge is 0.128 e. The standard InChI is InChI=1S/C13H18FNO/c1-10-7-11(3-4-12(10)16-2)8-13(14)5-6-15-9-13/h3-4,7,15H,5-6,8-9H2,1-2H3. The first-order valence-electron chi connectivity index (χ1n) is 5.66. The third-order valence-electron chi connectivity index (χ3n) is 3.17. The van der Waals surface area contributed by atoms with Crippen molar-refractivity contribution in [2.45, 2.75) is 25.4 Å². The van der Waals surface area contributed by atoms with Gasteiger partial charge in [0, 0.05) is 13.0 Å². The number of methoxy groups -OCH3 is 1. The van der Waals surface area contributed by atoms with Gasteiger partial charge in [-0.25, -0.2) is 4.39 Å². The summed E-state index contributed by atoms with van der Waals surface area (Å²) in [7, 11) is 1.65. The summed E-state index contributed by atoms with van der Waals surface area (Å²) in [6.07, 6.45) is 1.10. The molecule has 1 aliphatic rings. The molecule has 2 rings (SSSR count). The van der Waals surface area contributed by atoms with Crippen LogP contribution in [-0.4, -0.2) is 25.9 Å². The van der Waals surface area contributed by atoms with E-state index < -0.39 is 5.67 Å². The molecule has 1 aromatic carbocycles. The monoisotopic (exact) mass is 223 g/mol. The fraction of sp³-hybridized carbons (Fsp3) is 0.538. The van der Waals surface area contributed by atoms with E-state index in [-0.39, 0.29) is 0 Å². The summed E-state index contributed by atoms with van der Waals surface area (Å²) in [5.41, 5.74) is 1.04. The van der Waals surface area contributed by atoms with E-state index >= 15 is 0 Å². The van der Waals surface area contributed by atoms with E-state index in [9.17, 15) is 4.39 Å². The summed E-state index contributed by atoms with van der Waals surface area (Å²) in [4.78, 5) is 0. The lowest BCUT2D eigenvalue weighted by atomic mass is 9.94. The SMILES string of the molecule is COc1ccc(CC2(F)CCNC2)cc1C. The average Bonchev–Trinajstić information content (AvgIpc) is 2.65. The number of nitrogens with one attached hydrogen (secondary N) is 1. The topological polar surface area (TPSA) is 21.3 Å². The van der Waals surface area contributed by atoms with Crippen LogP contribution in [0.2, 0.25) is 0 Å². The molecular formula is C13H18FNO. The number of halogens is 1. The second kappa shape index (κ2) is 4.42. The van der Waals surface area contributed by atoms with Gasteiger partial charge in [0.1, 0.15) is 11.4 Å². The fourth-order valence-corrected chi connectivity index (χ4v) is 2.28. The maximum absolute atomic E-state index is 14.2. The third kappa shape index (κ3) is 2.35. The van der Waals surface area contributed by atoms with E-state index in [4.69, 9.17) is 4.74 Å². The summed E-state index contributed by atoms with van der Waals surface area (Å²) < 4.78 is 19.4. The second-order valence-electron chi connectivity index (χ2n) is 4.56. The van der Waals surface area contributed by atoms with E-state index in [0.717, 1.165) is 23.4 Å². The Balaban J connectivity index is 2.13. The number of hydrogen-bond acceptors (Lipinski definition) is 2. The molecule has 88 valence electrons. The van der Waals surface area contributed by atoms with Crippen molar-refractivity contribution in [1.82, 2.24) is 5.32 Å². The molecular weight excluding hydrogens is 205 g/mol. The van der Waals surface area contributed by atoms with E-state index in [0.29, 0.717) is 19.4 Å². The molecule has 0 spiro atoms. The lowest BCUT2D eigenvalue weighted by Gasteiger charge is -2.18. The summed E-state index contributed by atoms with van der Waals surface area (Å²) in [5, 5.41) is 3.07. The highest BCUT2D eigenvalue weighted by Crippen LogP contribution is 2.27. The molecule has 1 aromatic rings. The molecule has 1 aliphatic heterocycles. The summed E-state index contributed by atoms with van der Waals surface area (Å²) in [5.74, 6) is 0.862. The highest BCUT2D eigenvalue weighted by molar-refractivity contribution is 5.36. The zero-order valence-corrected chi connectivity index (χ0v) is 9.85. The van der Waals surface area contributed by atoms with Crippen LogP contribution in [0.3, 0.4) is 0 Å². The van der Waals surface area contributed by atoms with Crippen molar-refractivity contribution in [1.29, 1.82) is 0 Å². The number of alkyl halides is 1. The Hall–Kier alpha value is -1.09. The molecule has 1 atom stereocenters. The zero-order chi connectivity index (χ0) is 11.6. The normalized spacial score (nSPS) is 24.7. The Bertz CT molecular complexity index is 372. The van der Waals surface area contributed by atoms with Crippen LogP contribution in [0.5, 0.6) is 5.75 Å². The van der Waals surface area contributed by atoms with Gasteiger partial charge in [-0.15, -0.1) is 0 Å². The highest BCUT2D eigenvalue weighted by atomic mass is 19.1. The van der Waals surface area contributed by atoms with Crippen LogP contribution in [0.4, 0.5) is 4.39 Å². The van der Waals surface area contributed by atoms with Gasteiger partial charge in [0.25, 0.3) is 0 Å². The van der Waals surface area contributed by atoms with Crippen molar-refractivity contribution in [2.24, 2.45) is 0 Å². The van der Waals surface area contributed by atoms with Crippen molar-refractivity contribution in [3.05, 3.63) is 29.3 Å². The van der Waals surface area contributed by atoms with Gasteiger partial charge < -0.3 is 10.1 Å². The van der Waals surface area contributed by atoms with Gasteiger partial charge in [-0.05, 0) is 37.1 Å². The molecule has 1 saturated heterocycles. The largest absolute Gasteiger partial charge is 0.496 e. The Kier molecular flexibility index (Phi) is 3.15. The maximum Gasteiger partial charge on any atom is 0.128 e. The Labute approximate surface area is 95.8 Å². The van der Waals surface area contributed by atoms with Crippen molar-refractivity contribution < 1.29 is 9.13 Å².